The number of hydrogen-bond acceptors (Lipinski definition) is 3. The van der Waals surface area contributed by atoms with Gasteiger partial charge in [0.2, 0.25) is 0 Å². The molecule has 1 N–H and O–H groups in total. The van der Waals surface area contributed by atoms with E-state index in [0.29, 0.717) is 14.5 Å². The van der Waals surface area contributed by atoms with Gasteiger partial charge >= 0.3 is 0 Å². The van der Waals surface area contributed by atoms with Gasteiger partial charge in [0.15, 0.2) is 0 Å². The molecule has 3 aromatic rings. The fraction of sp³-hybridized carbons (Fsp3) is 0.414. The molecule has 176 valence electrons. The van der Waals surface area contributed by atoms with Crippen LogP contribution in [0.1, 0.15) is 62.4 Å². The zero-order valence-corrected chi connectivity index (χ0v) is 21.7. The molecule has 0 radical (unpaired) electrons. The number of unbranched alkanes of at least 4 members (excludes halogenated alkanes) is 1. The Bertz CT molecular complexity index is 990. The molecule has 0 aliphatic rings. The van der Waals surface area contributed by atoms with E-state index in [1.165, 1.54) is 46.6 Å². The van der Waals surface area contributed by atoms with Crippen molar-refractivity contribution >= 4 is 19.2 Å². The van der Waals surface area contributed by atoms with Crippen molar-refractivity contribution in [1.82, 2.24) is 10.3 Å². The van der Waals surface area contributed by atoms with Crippen LogP contribution in [0.25, 0.3) is 0 Å². The summed E-state index contributed by atoms with van der Waals surface area (Å²) in [5, 5.41) is 6.39. The zero-order valence-electron chi connectivity index (χ0n) is 20.7. The topological polar surface area (TPSA) is 34.2 Å². The maximum Gasteiger partial charge on any atom is 0.125 e. The smallest absolute Gasteiger partial charge is 0.125 e. The Kier molecular flexibility index (Phi) is 10.4. The molecule has 4 heteroatoms. The quantitative estimate of drug-likeness (QED) is 0.319. The number of nitrogens with one attached hydrogen (secondary N) is 1. The van der Waals surface area contributed by atoms with Gasteiger partial charge in [-0.15, -0.1) is 0 Å². The van der Waals surface area contributed by atoms with Crippen molar-refractivity contribution in [3.05, 3.63) is 83.2 Å². The standard InChI is InChI=1S/C29H39N2OP/c1-5-7-12-23-18-27(19-25(29(23)32-4)17-22(3)6-2)33-28-15-9-8-13-24(28)20-30-21-26-14-10-11-16-31-26/h8-11,13-16,18-19,22,30,33H,5-7,12,17,20-21H2,1-4H3. The molecule has 0 saturated carbocycles. The molecule has 33 heavy (non-hydrogen) atoms. The van der Waals surface area contributed by atoms with Crippen LogP contribution in [0, 0.1) is 5.92 Å². The second-order valence-electron chi connectivity index (χ2n) is 8.86. The highest BCUT2D eigenvalue weighted by molar-refractivity contribution is 7.55. The van der Waals surface area contributed by atoms with Crippen LogP contribution in [-0.4, -0.2) is 12.1 Å². The second kappa shape index (κ2) is 13.5. The lowest BCUT2D eigenvalue weighted by molar-refractivity contribution is 0.399. The summed E-state index contributed by atoms with van der Waals surface area (Å²) < 4.78 is 5.93. The Balaban J connectivity index is 1.82. The molecule has 1 heterocycles. The highest BCUT2D eigenvalue weighted by atomic mass is 31.1. The first kappa shape index (κ1) is 25.4. The number of rotatable bonds is 13. The average molecular weight is 463 g/mol. The molecular formula is C29H39N2OP. The van der Waals surface area contributed by atoms with Crippen LogP contribution in [-0.2, 0) is 25.9 Å². The molecule has 2 atom stereocenters. The van der Waals surface area contributed by atoms with Gasteiger partial charge in [-0.25, -0.2) is 0 Å². The summed E-state index contributed by atoms with van der Waals surface area (Å²) in [6.45, 7) is 8.49. The number of hydrogen-bond donors (Lipinski definition) is 1. The Morgan fingerprint density at radius 1 is 0.970 bits per heavy atom. The van der Waals surface area contributed by atoms with E-state index in [1.807, 2.05) is 25.4 Å². The maximum atomic E-state index is 5.93. The molecule has 0 fully saturated rings. The van der Waals surface area contributed by atoms with Crippen molar-refractivity contribution < 1.29 is 4.74 Å². The number of aryl methyl sites for hydroxylation is 1. The largest absolute Gasteiger partial charge is 0.496 e. The Morgan fingerprint density at radius 3 is 2.48 bits per heavy atom. The van der Waals surface area contributed by atoms with Crippen molar-refractivity contribution in [1.29, 1.82) is 0 Å². The first-order valence-corrected chi connectivity index (χ1v) is 13.3. The third-order valence-electron chi connectivity index (χ3n) is 6.16. The van der Waals surface area contributed by atoms with Crippen LogP contribution in [0.15, 0.2) is 60.8 Å². The van der Waals surface area contributed by atoms with Crippen LogP contribution < -0.4 is 20.7 Å². The third kappa shape index (κ3) is 7.66. The highest BCUT2D eigenvalue weighted by Crippen LogP contribution is 2.30. The molecule has 0 amide bonds. The highest BCUT2D eigenvalue weighted by Gasteiger charge is 2.15. The van der Waals surface area contributed by atoms with Crippen molar-refractivity contribution in [3.63, 3.8) is 0 Å². The minimum absolute atomic E-state index is 0.635. The summed E-state index contributed by atoms with van der Waals surface area (Å²) >= 11 is 0. The fourth-order valence-corrected chi connectivity index (χ4v) is 5.41. The SMILES string of the molecule is CCCCc1cc(Pc2ccccc2CNCc2ccccn2)cc(CC(C)CC)c1OC. The molecule has 0 aliphatic heterocycles. The van der Waals surface area contributed by atoms with Crippen molar-refractivity contribution in [2.45, 2.75) is 66.0 Å². The van der Waals surface area contributed by atoms with E-state index in [1.54, 1.807) is 0 Å². The molecule has 0 aliphatic carbocycles. The Morgan fingerprint density at radius 2 is 1.76 bits per heavy atom. The van der Waals surface area contributed by atoms with Crippen LogP contribution >= 0.6 is 8.58 Å². The summed E-state index contributed by atoms with van der Waals surface area (Å²) in [5.41, 5.74) is 5.17. The van der Waals surface area contributed by atoms with Gasteiger partial charge in [0.25, 0.3) is 0 Å². The number of ether oxygens (including phenoxy) is 1. The maximum absolute atomic E-state index is 5.93. The monoisotopic (exact) mass is 462 g/mol. The van der Waals surface area contributed by atoms with Gasteiger partial charge in [-0.1, -0.05) is 72.5 Å². The van der Waals surface area contributed by atoms with Crippen molar-refractivity contribution in [2.75, 3.05) is 7.11 Å². The Hall–Kier alpha value is -2.22. The summed E-state index contributed by atoms with van der Waals surface area (Å²) in [7, 11) is 2.46. The summed E-state index contributed by atoms with van der Waals surface area (Å²) in [6.07, 6.45) is 7.58. The van der Waals surface area contributed by atoms with E-state index in [0.717, 1.165) is 37.4 Å². The first-order chi connectivity index (χ1) is 16.1. The van der Waals surface area contributed by atoms with E-state index >= 15 is 0 Å². The van der Waals surface area contributed by atoms with Gasteiger partial charge in [-0.3, -0.25) is 4.98 Å². The average Bonchev–Trinajstić information content (AvgIpc) is 2.84. The Labute approximate surface area is 202 Å². The number of benzene rings is 2. The number of pyridine rings is 1. The van der Waals surface area contributed by atoms with E-state index in [4.69, 9.17) is 4.74 Å². The van der Waals surface area contributed by atoms with E-state index in [9.17, 15) is 0 Å². The predicted molar refractivity (Wildman–Crippen MR) is 144 cm³/mol. The fourth-order valence-electron chi connectivity index (χ4n) is 4.09. The number of aromatic nitrogens is 1. The van der Waals surface area contributed by atoms with Crippen LogP contribution in [0.3, 0.4) is 0 Å². The molecule has 0 spiro atoms. The van der Waals surface area contributed by atoms with Crippen LogP contribution in [0.2, 0.25) is 0 Å². The van der Waals surface area contributed by atoms with Crippen LogP contribution in [0.5, 0.6) is 5.75 Å². The first-order valence-electron chi connectivity index (χ1n) is 12.3. The molecule has 2 aromatic carbocycles. The minimum atomic E-state index is 0.635. The number of methoxy groups -OCH3 is 1. The second-order valence-corrected chi connectivity index (χ2v) is 10.2. The molecular weight excluding hydrogens is 423 g/mol. The minimum Gasteiger partial charge on any atom is -0.496 e. The normalized spacial score (nSPS) is 12.4. The van der Waals surface area contributed by atoms with Crippen molar-refractivity contribution in [2.24, 2.45) is 5.92 Å². The van der Waals surface area contributed by atoms with Crippen molar-refractivity contribution in [3.8, 4) is 5.75 Å². The van der Waals surface area contributed by atoms with Crippen LogP contribution in [0.4, 0.5) is 0 Å². The molecule has 2 unspecified atom stereocenters. The van der Waals surface area contributed by atoms with E-state index in [-0.39, 0.29) is 0 Å². The lowest BCUT2D eigenvalue weighted by atomic mass is 9.95. The zero-order chi connectivity index (χ0) is 23.5. The van der Waals surface area contributed by atoms with Gasteiger partial charge in [0, 0.05) is 19.3 Å². The van der Waals surface area contributed by atoms with E-state index in [2.05, 4.69) is 73.5 Å². The van der Waals surface area contributed by atoms with Gasteiger partial charge in [0.05, 0.1) is 12.8 Å². The lowest BCUT2D eigenvalue weighted by Gasteiger charge is -2.19. The third-order valence-corrected chi connectivity index (χ3v) is 7.49. The molecule has 3 nitrogen and oxygen atoms in total. The van der Waals surface area contributed by atoms with Gasteiger partial charge in [-0.2, -0.15) is 0 Å². The molecule has 0 saturated heterocycles. The molecule has 3 rings (SSSR count). The molecule has 0 bridgehead atoms. The van der Waals surface area contributed by atoms with E-state index < -0.39 is 0 Å². The number of nitrogens with zero attached hydrogens (tertiary/aromatic N) is 1. The summed E-state index contributed by atoms with van der Waals surface area (Å²) in [5.74, 6) is 1.77. The lowest BCUT2D eigenvalue weighted by Crippen LogP contribution is -2.19. The predicted octanol–water partition coefficient (Wildman–Crippen LogP) is 5.94. The van der Waals surface area contributed by atoms with Gasteiger partial charge < -0.3 is 10.1 Å². The molecule has 1 aromatic heterocycles. The summed E-state index contributed by atoms with van der Waals surface area (Å²) in [4.78, 5) is 4.42. The van der Waals surface area contributed by atoms with Gasteiger partial charge in [0.1, 0.15) is 5.75 Å². The summed E-state index contributed by atoms with van der Waals surface area (Å²) in [6, 6.07) is 19.7. The van der Waals surface area contributed by atoms with Gasteiger partial charge in [-0.05, 0) is 76.7 Å².